The van der Waals surface area contributed by atoms with Gasteiger partial charge in [-0.15, -0.1) is 0 Å². The Morgan fingerprint density at radius 2 is 1.73 bits per heavy atom. The summed E-state index contributed by atoms with van der Waals surface area (Å²) in [7, 11) is 0. The van der Waals surface area contributed by atoms with Crippen LogP contribution in [-0.4, -0.2) is 0 Å². The first-order valence-electron chi connectivity index (χ1n) is 6.02. The third kappa shape index (κ3) is 6.33. The lowest BCUT2D eigenvalue weighted by Crippen LogP contribution is -1.94. The summed E-state index contributed by atoms with van der Waals surface area (Å²) < 4.78 is 0. The summed E-state index contributed by atoms with van der Waals surface area (Å²) in [5.41, 5.74) is 2.87. The van der Waals surface area contributed by atoms with Crippen molar-refractivity contribution in [2.75, 3.05) is 0 Å². The molecule has 0 fully saturated rings. The minimum atomic E-state index is 0.527. The van der Waals surface area contributed by atoms with Gasteiger partial charge in [-0.05, 0) is 37.7 Å². The number of hydrogen-bond donors (Lipinski definition) is 0. The van der Waals surface area contributed by atoms with Crippen LogP contribution in [0, 0.1) is 11.8 Å². The molecule has 0 aliphatic carbocycles. The van der Waals surface area contributed by atoms with Gasteiger partial charge in [0.05, 0.1) is 0 Å². The normalized spacial score (nSPS) is 16.5. The predicted molar refractivity (Wildman–Crippen MR) is 70.9 cm³/mol. The molecule has 0 bridgehead atoms. The van der Waals surface area contributed by atoms with Crippen molar-refractivity contribution in [1.82, 2.24) is 0 Å². The zero-order valence-electron chi connectivity index (χ0n) is 11.2. The number of hydrogen-bond acceptors (Lipinski definition) is 0. The monoisotopic (exact) mass is 206 g/mol. The highest BCUT2D eigenvalue weighted by atomic mass is 14.1. The minimum absolute atomic E-state index is 0.527. The van der Waals surface area contributed by atoms with Gasteiger partial charge in [0.2, 0.25) is 0 Å². The van der Waals surface area contributed by atoms with Crippen molar-refractivity contribution >= 4 is 0 Å². The van der Waals surface area contributed by atoms with Gasteiger partial charge in [-0.1, -0.05) is 57.6 Å². The van der Waals surface area contributed by atoms with Crippen molar-refractivity contribution < 1.29 is 0 Å². The van der Waals surface area contributed by atoms with E-state index in [4.69, 9.17) is 0 Å². The highest BCUT2D eigenvalue weighted by Gasteiger charge is 2.01. The molecule has 0 saturated carbocycles. The fourth-order valence-electron chi connectivity index (χ4n) is 1.36. The minimum Gasteiger partial charge on any atom is -0.0854 e. The summed E-state index contributed by atoms with van der Waals surface area (Å²) in [6.07, 6.45) is 10.3. The quantitative estimate of drug-likeness (QED) is 0.432. The number of rotatable bonds is 5. The molecule has 0 aromatic heterocycles. The molecule has 1 atom stereocenters. The van der Waals surface area contributed by atoms with E-state index < -0.39 is 0 Å². The Labute approximate surface area is 95.8 Å². The van der Waals surface area contributed by atoms with Crippen molar-refractivity contribution in [3.05, 3.63) is 35.5 Å². The molecule has 0 heterocycles. The summed E-state index contributed by atoms with van der Waals surface area (Å²) in [5, 5.41) is 0. The SMILES string of the molecule is CC=C(C=C(C)CC)C(C)C=CC(C)C. The van der Waals surface area contributed by atoms with E-state index in [1.165, 1.54) is 11.1 Å². The first-order valence-corrected chi connectivity index (χ1v) is 6.02. The van der Waals surface area contributed by atoms with Crippen LogP contribution in [0.1, 0.15) is 48.0 Å². The summed E-state index contributed by atoms with van der Waals surface area (Å²) in [5.74, 6) is 1.17. The van der Waals surface area contributed by atoms with Gasteiger partial charge in [0.25, 0.3) is 0 Å². The van der Waals surface area contributed by atoms with E-state index in [-0.39, 0.29) is 0 Å². The molecule has 0 aliphatic heterocycles. The van der Waals surface area contributed by atoms with E-state index in [0.717, 1.165) is 6.42 Å². The largest absolute Gasteiger partial charge is 0.0854 e. The van der Waals surface area contributed by atoms with Crippen molar-refractivity contribution in [1.29, 1.82) is 0 Å². The number of allylic oxidation sites excluding steroid dienone is 6. The van der Waals surface area contributed by atoms with Gasteiger partial charge in [0.1, 0.15) is 0 Å². The molecule has 0 amide bonds. The molecule has 0 spiro atoms. The van der Waals surface area contributed by atoms with Crippen LogP contribution in [0.4, 0.5) is 0 Å². The maximum Gasteiger partial charge on any atom is -0.00136 e. The van der Waals surface area contributed by atoms with Gasteiger partial charge >= 0.3 is 0 Å². The molecule has 86 valence electrons. The van der Waals surface area contributed by atoms with Crippen molar-refractivity contribution in [3.8, 4) is 0 Å². The van der Waals surface area contributed by atoms with Gasteiger partial charge < -0.3 is 0 Å². The van der Waals surface area contributed by atoms with Crippen LogP contribution in [0.3, 0.4) is 0 Å². The maximum atomic E-state index is 2.31. The van der Waals surface area contributed by atoms with Crippen LogP contribution in [0.15, 0.2) is 35.5 Å². The Morgan fingerprint density at radius 1 is 1.13 bits per heavy atom. The van der Waals surface area contributed by atoms with Crippen molar-refractivity contribution in [2.24, 2.45) is 11.8 Å². The lowest BCUT2D eigenvalue weighted by atomic mass is 9.96. The molecule has 15 heavy (non-hydrogen) atoms. The van der Waals surface area contributed by atoms with Gasteiger partial charge in [-0.25, -0.2) is 0 Å². The molecule has 0 aromatic rings. The van der Waals surface area contributed by atoms with E-state index in [0.29, 0.717) is 11.8 Å². The van der Waals surface area contributed by atoms with Crippen molar-refractivity contribution in [3.63, 3.8) is 0 Å². The molecule has 0 N–H and O–H groups in total. The van der Waals surface area contributed by atoms with E-state index >= 15 is 0 Å². The van der Waals surface area contributed by atoms with Gasteiger partial charge in [-0.3, -0.25) is 0 Å². The third-order valence-corrected chi connectivity index (χ3v) is 2.61. The first-order chi connectivity index (χ1) is 7.01. The standard InChI is InChI=1S/C15H26/c1-7-13(5)11-15(8-2)14(6)10-9-12(3)4/h8-12,14H,7H2,1-6H3. The highest BCUT2D eigenvalue weighted by Crippen LogP contribution is 2.17. The second-order valence-electron chi connectivity index (χ2n) is 4.55. The molecule has 1 unspecified atom stereocenters. The molecule has 0 heteroatoms. The Bertz CT molecular complexity index is 251. The topological polar surface area (TPSA) is 0 Å². The molecule has 0 rings (SSSR count). The van der Waals surface area contributed by atoms with Gasteiger partial charge in [-0.2, -0.15) is 0 Å². The fourth-order valence-corrected chi connectivity index (χ4v) is 1.36. The molecule has 0 aromatic carbocycles. The fraction of sp³-hybridized carbons (Fsp3) is 0.600. The summed E-state index contributed by atoms with van der Waals surface area (Å²) in [6.45, 7) is 13.2. The molecule has 0 saturated heterocycles. The molecular weight excluding hydrogens is 180 g/mol. The molecule has 0 nitrogen and oxygen atoms in total. The third-order valence-electron chi connectivity index (χ3n) is 2.61. The lowest BCUT2D eigenvalue weighted by Gasteiger charge is -2.09. The second kappa shape index (κ2) is 7.50. The molecule has 0 radical (unpaired) electrons. The van der Waals surface area contributed by atoms with Gasteiger partial charge in [0, 0.05) is 0 Å². The smallest absolute Gasteiger partial charge is 0.00136 e. The Kier molecular flexibility index (Phi) is 7.11. The van der Waals surface area contributed by atoms with Gasteiger partial charge in [0.15, 0.2) is 0 Å². The van der Waals surface area contributed by atoms with E-state index in [1.54, 1.807) is 0 Å². The zero-order chi connectivity index (χ0) is 11.8. The Morgan fingerprint density at radius 3 is 2.13 bits per heavy atom. The average Bonchev–Trinajstić information content (AvgIpc) is 2.21. The average molecular weight is 206 g/mol. The van der Waals surface area contributed by atoms with E-state index in [1.807, 2.05) is 0 Å². The molecule has 0 aliphatic rings. The van der Waals surface area contributed by atoms with E-state index in [9.17, 15) is 0 Å². The van der Waals surface area contributed by atoms with Crippen LogP contribution < -0.4 is 0 Å². The Hall–Kier alpha value is -0.780. The van der Waals surface area contributed by atoms with Crippen LogP contribution in [0.2, 0.25) is 0 Å². The first kappa shape index (κ1) is 14.2. The summed E-state index contributed by atoms with van der Waals surface area (Å²) in [6, 6.07) is 0. The Balaban J connectivity index is 4.57. The highest BCUT2D eigenvalue weighted by molar-refractivity contribution is 5.27. The summed E-state index contributed by atoms with van der Waals surface area (Å²) in [4.78, 5) is 0. The van der Waals surface area contributed by atoms with E-state index in [2.05, 4.69) is 65.8 Å². The maximum absolute atomic E-state index is 2.31. The van der Waals surface area contributed by atoms with Crippen LogP contribution >= 0.6 is 0 Å². The lowest BCUT2D eigenvalue weighted by molar-refractivity contribution is 0.800. The van der Waals surface area contributed by atoms with Crippen LogP contribution in [-0.2, 0) is 0 Å². The zero-order valence-corrected chi connectivity index (χ0v) is 11.2. The van der Waals surface area contributed by atoms with Crippen molar-refractivity contribution in [2.45, 2.75) is 48.0 Å². The van der Waals surface area contributed by atoms with Crippen LogP contribution in [0.5, 0.6) is 0 Å². The summed E-state index contributed by atoms with van der Waals surface area (Å²) >= 11 is 0. The molecular formula is C15H26. The second-order valence-corrected chi connectivity index (χ2v) is 4.55. The van der Waals surface area contributed by atoms with Crippen LogP contribution in [0.25, 0.3) is 0 Å². The predicted octanol–water partition coefficient (Wildman–Crippen LogP) is 5.14.